The summed E-state index contributed by atoms with van der Waals surface area (Å²) in [5.74, 6) is -4.00. The minimum absolute atomic E-state index is 0.140. The first-order valence-electron chi connectivity index (χ1n) is 7.74. The Labute approximate surface area is 141 Å². The minimum atomic E-state index is -4.53. The van der Waals surface area contributed by atoms with Crippen LogP contribution in [0.2, 0.25) is 0 Å². The van der Waals surface area contributed by atoms with Crippen molar-refractivity contribution in [1.29, 1.82) is 0 Å². The fourth-order valence-electron chi connectivity index (χ4n) is 2.96. The van der Waals surface area contributed by atoms with Crippen LogP contribution < -0.4 is 0 Å². The van der Waals surface area contributed by atoms with Crippen LogP contribution in [0.25, 0.3) is 11.4 Å². The summed E-state index contributed by atoms with van der Waals surface area (Å²) in [6.45, 7) is -0.244. The molecule has 0 radical (unpaired) electrons. The summed E-state index contributed by atoms with van der Waals surface area (Å²) >= 11 is 0. The van der Waals surface area contributed by atoms with Gasteiger partial charge in [-0.15, -0.1) is 0 Å². The summed E-state index contributed by atoms with van der Waals surface area (Å²) in [5, 5.41) is 12.9. The zero-order chi connectivity index (χ0) is 18.0. The number of aliphatic carboxylic acids is 1. The van der Waals surface area contributed by atoms with Gasteiger partial charge in [0.15, 0.2) is 0 Å². The number of carboxylic acid groups (broad SMARTS) is 1. The molecule has 25 heavy (non-hydrogen) atoms. The topological polar surface area (TPSA) is 79.5 Å². The Morgan fingerprint density at radius 2 is 2.00 bits per heavy atom. The smallest absolute Gasteiger partial charge is 0.393 e. The van der Waals surface area contributed by atoms with E-state index in [1.165, 1.54) is 4.90 Å². The Hall–Kier alpha value is -2.42. The van der Waals surface area contributed by atoms with Gasteiger partial charge < -0.3 is 14.5 Å². The van der Waals surface area contributed by atoms with E-state index in [0.29, 0.717) is 11.7 Å². The van der Waals surface area contributed by atoms with Crippen molar-refractivity contribution in [2.45, 2.75) is 12.6 Å². The Morgan fingerprint density at radius 3 is 2.60 bits per heavy atom. The summed E-state index contributed by atoms with van der Waals surface area (Å²) in [7, 11) is 0. The van der Waals surface area contributed by atoms with E-state index in [1.807, 2.05) is 30.3 Å². The lowest BCUT2D eigenvalue weighted by Crippen LogP contribution is -2.33. The number of carboxylic acids is 1. The molecular formula is C16H16F3N3O3. The first-order chi connectivity index (χ1) is 11.8. The fraction of sp³-hybridized carbons (Fsp3) is 0.438. The van der Waals surface area contributed by atoms with E-state index in [2.05, 4.69) is 10.1 Å². The van der Waals surface area contributed by atoms with Crippen molar-refractivity contribution in [2.24, 2.45) is 11.8 Å². The number of aromatic nitrogens is 2. The van der Waals surface area contributed by atoms with Crippen molar-refractivity contribution in [1.82, 2.24) is 15.0 Å². The zero-order valence-electron chi connectivity index (χ0n) is 13.1. The number of alkyl halides is 3. The van der Waals surface area contributed by atoms with E-state index in [4.69, 9.17) is 9.63 Å². The molecule has 1 fully saturated rings. The molecule has 0 spiro atoms. The molecule has 0 saturated carbocycles. The molecular weight excluding hydrogens is 339 g/mol. The maximum Gasteiger partial charge on any atom is 0.393 e. The van der Waals surface area contributed by atoms with Gasteiger partial charge in [-0.25, -0.2) is 0 Å². The molecule has 9 heteroatoms. The van der Waals surface area contributed by atoms with Crippen molar-refractivity contribution in [3.63, 3.8) is 0 Å². The minimum Gasteiger partial charge on any atom is -0.481 e. The van der Waals surface area contributed by atoms with Crippen LogP contribution in [0.15, 0.2) is 34.9 Å². The van der Waals surface area contributed by atoms with Gasteiger partial charge in [0.2, 0.25) is 11.7 Å². The summed E-state index contributed by atoms with van der Waals surface area (Å²) in [6.07, 6.45) is -4.26. The van der Waals surface area contributed by atoms with Gasteiger partial charge in [-0.1, -0.05) is 35.5 Å². The van der Waals surface area contributed by atoms with Crippen LogP contribution in [0.1, 0.15) is 5.89 Å². The molecule has 134 valence electrons. The van der Waals surface area contributed by atoms with Gasteiger partial charge in [0, 0.05) is 31.6 Å². The highest BCUT2D eigenvalue weighted by molar-refractivity contribution is 5.71. The third-order valence-corrected chi connectivity index (χ3v) is 4.28. The number of likely N-dealkylation sites (tertiary alicyclic amines) is 1. The highest BCUT2D eigenvalue weighted by Gasteiger charge is 2.52. The van der Waals surface area contributed by atoms with Gasteiger partial charge in [0.25, 0.3) is 0 Å². The van der Waals surface area contributed by atoms with Crippen molar-refractivity contribution >= 4 is 5.97 Å². The molecule has 2 atom stereocenters. The number of rotatable bonds is 5. The van der Waals surface area contributed by atoms with E-state index in [1.54, 1.807) is 0 Å². The lowest BCUT2D eigenvalue weighted by Gasteiger charge is -2.18. The predicted molar refractivity (Wildman–Crippen MR) is 80.5 cm³/mol. The first kappa shape index (κ1) is 17.4. The molecule has 6 nitrogen and oxygen atoms in total. The van der Waals surface area contributed by atoms with Gasteiger partial charge >= 0.3 is 12.1 Å². The summed E-state index contributed by atoms with van der Waals surface area (Å²) in [4.78, 5) is 16.8. The second kappa shape index (κ2) is 6.83. The van der Waals surface area contributed by atoms with Crippen LogP contribution >= 0.6 is 0 Å². The third kappa shape index (κ3) is 3.98. The highest BCUT2D eigenvalue weighted by Crippen LogP contribution is 2.37. The van der Waals surface area contributed by atoms with Gasteiger partial charge in [-0.05, 0) is 0 Å². The summed E-state index contributed by atoms with van der Waals surface area (Å²) < 4.78 is 44.0. The quantitative estimate of drug-likeness (QED) is 0.888. The number of hydrogen-bond acceptors (Lipinski definition) is 5. The standard InChI is InChI=1S/C16H16F3N3O3/c17-16(18,19)12-9-22(8-11(12)15(23)24)7-6-13-20-14(21-25-13)10-4-2-1-3-5-10/h1-5,11-12H,6-9H2,(H,23,24)/t11-,12-/m1/s1. The fourth-order valence-corrected chi connectivity index (χ4v) is 2.96. The van der Waals surface area contributed by atoms with Crippen LogP contribution in [0.3, 0.4) is 0 Å². The average molecular weight is 355 g/mol. The maximum absolute atomic E-state index is 13.0. The molecule has 1 aromatic carbocycles. The van der Waals surface area contributed by atoms with Crippen LogP contribution in [0.4, 0.5) is 13.2 Å². The molecule has 2 heterocycles. The average Bonchev–Trinajstić information content (AvgIpc) is 3.20. The SMILES string of the molecule is O=C(O)[C@@H]1CN(CCc2nc(-c3ccccc3)no2)C[C@H]1C(F)(F)F. The molecule has 0 amide bonds. The molecule has 0 unspecified atom stereocenters. The van der Waals surface area contributed by atoms with E-state index >= 15 is 0 Å². The number of carbonyl (C=O) groups is 1. The molecule has 1 aliphatic rings. The number of benzene rings is 1. The molecule has 2 aromatic rings. The lowest BCUT2D eigenvalue weighted by atomic mass is 9.96. The number of hydrogen-bond donors (Lipinski definition) is 1. The molecule has 0 bridgehead atoms. The van der Waals surface area contributed by atoms with Crippen molar-refractivity contribution in [3.05, 3.63) is 36.2 Å². The van der Waals surface area contributed by atoms with Gasteiger partial charge in [0.1, 0.15) is 0 Å². The first-order valence-corrected chi connectivity index (χ1v) is 7.74. The monoisotopic (exact) mass is 355 g/mol. The largest absolute Gasteiger partial charge is 0.481 e. The van der Waals surface area contributed by atoms with Crippen LogP contribution in [-0.4, -0.2) is 51.9 Å². The zero-order valence-corrected chi connectivity index (χ0v) is 13.1. The molecule has 1 aromatic heterocycles. The predicted octanol–water partition coefficient (Wildman–Crippen LogP) is 2.47. The maximum atomic E-state index is 13.0. The number of halogens is 3. The van der Waals surface area contributed by atoms with Crippen LogP contribution in [0.5, 0.6) is 0 Å². The molecule has 1 saturated heterocycles. The van der Waals surface area contributed by atoms with Crippen molar-refractivity contribution in [3.8, 4) is 11.4 Å². The number of nitrogens with zero attached hydrogens (tertiary/aromatic N) is 3. The van der Waals surface area contributed by atoms with Gasteiger partial charge in [0.05, 0.1) is 11.8 Å². The summed E-state index contributed by atoms with van der Waals surface area (Å²) in [5.41, 5.74) is 0.779. The third-order valence-electron chi connectivity index (χ3n) is 4.28. The van der Waals surface area contributed by atoms with Crippen LogP contribution in [0, 0.1) is 11.8 Å². The van der Waals surface area contributed by atoms with E-state index < -0.39 is 24.0 Å². The second-order valence-electron chi connectivity index (χ2n) is 5.98. The van der Waals surface area contributed by atoms with E-state index in [0.717, 1.165) is 5.56 Å². The Balaban J connectivity index is 1.61. The molecule has 0 aliphatic carbocycles. The second-order valence-corrected chi connectivity index (χ2v) is 5.98. The van der Waals surface area contributed by atoms with Crippen molar-refractivity contribution < 1.29 is 27.6 Å². The molecule has 3 rings (SSSR count). The van der Waals surface area contributed by atoms with Crippen LogP contribution in [-0.2, 0) is 11.2 Å². The lowest BCUT2D eigenvalue weighted by molar-refractivity contribution is -0.188. The Kier molecular flexibility index (Phi) is 4.76. The normalized spacial score (nSPS) is 21.6. The van der Waals surface area contributed by atoms with E-state index in [-0.39, 0.29) is 26.1 Å². The molecule has 1 N–H and O–H groups in total. The molecule has 1 aliphatic heterocycles. The van der Waals surface area contributed by atoms with Gasteiger partial charge in [-0.2, -0.15) is 18.2 Å². The van der Waals surface area contributed by atoms with Gasteiger partial charge in [-0.3, -0.25) is 4.79 Å². The highest BCUT2D eigenvalue weighted by atomic mass is 19.4. The van der Waals surface area contributed by atoms with E-state index in [9.17, 15) is 18.0 Å². The Morgan fingerprint density at radius 1 is 1.28 bits per heavy atom. The Bertz CT molecular complexity index is 733. The summed E-state index contributed by atoms with van der Waals surface area (Å²) in [6, 6.07) is 9.16. The van der Waals surface area contributed by atoms with Crippen molar-refractivity contribution in [2.75, 3.05) is 19.6 Å².